The molecule has 1 atom stereocenters. The van der Waals surface area contributed by atoms with Gasteiger partial charge in [0.1, 0.15) is 6.33 Å². The lowest BCUT2D eigenvalue weighted by Crippen LogP contribution is -2.41. The topological polar surface area (TPSA) is 98.7 Å². The molecule has 3 N–H and O–H groups in total. The minimum atomic E-state index is -0.116. The van der Waals surface area contributed by atoms with E-state index in [9.17, 15) is 4.79 Å². The molecule has 2 rings (SSSR count). The summed E-state index contributed by atoms with van der Waals surface area (Å²) in [4.78, 5) is 12.2. The number of nitrogens with two attached hydrogens (primary N) is 1. The standard InChI is InChI=1S/C14H20N6O.ClH/c1-10(2)7-12(8-15)17-14(21)11-3-5-13(6-4-11)20-9-16-18-19-20;/h3-6,9-10,12H,7-8,15H2,1-2H3,(H,17,21);1H. The fourth-order valence-electron chi connectivity index (χ4n) is 2.10. The zero-order valence-electron chi connectivity index (χ0n) is 12.6. The molecule has 0 spiro atoms. The Bertz CT molecular complexity index is 570. The van der Waals surface area contributed by atoms with Crippen LogP contribution in [0.15, 0.2) is 30.6 Å². The molecule has 0 aliphatic rings. The summed E-state index contributed by atoms with van der Waals surface area (Å²) >= 11 is 0. The maximum atomic E-state index is 12.2. The quantitative estimate of drug-likeness (QED) is 0.831. The second-order valence-corrected chi connectivity index (χ2v) is 5.34. The van der Waals surface area contributed by atoms with Crippen LogP contribution in [0.25, 0.3) is 5.69 Å². The van der Waals surface area contributed by atoms with Crippen molar-refractivity contribution in [2.24, 2.45) is 11.7 Å². The summed E-state index contributed by atoms with van der Waals surface area (Å²) in [7, 11) is 0. The predicted molar refractivity (Wildman–Crippen MR) is 86.2 cm³/mol. The molecule has 1 amide bonds. The number of amides is 1. The van der Waals surface area contributed by atoms with Crippen LogP contribution >= 0.6 is 12.4 Å². The van der Waals surface area contributed by atoms with Crippen molar-refractivity contribution < 1.29 is 4.79 Å². The number of hydrogen-bond acceptors (Lipinski definition) is 5. The number of carbonyl (C=O) groups excluding carboxylic acids is 1. The van der Waals surface area contributed by atoms with Gasteiger partial charge < -0.3 is 11.1 Å². The first-order valence-electron chi connectivity index (χ1n) is 6.94. The number of halogens is 1. The number of nitrogens with one attached hydrogen (secondary N) is 1. The van der Waals surface area contributed by atoms with Crippen molar-refractivity contribution in [2.45, 2.75) is 26.3 Å². The van der Waals surface area contributed by atoms with Crippen LogP contribution in [0.1, 0.15) is 30.6 Å². The highest BCUT2D eigenvalue weighted by Crippen LogP contribution is 2.09. The molecule has 120 valence electrons. The van der Waals surface area contributed by atoms with Crippen molar-refractivity contribution in [1.82, 2.24) is 25.5 Å². The van der Waals surface area contributed by atoms with E-state index in [4.69, 9.17) is 5.73 Å². The van der Waals surface area contributed by atoms with Gasteiger partial charge in [0.15, 0.2) is 0 Å². The van der Waals surface area contributed by atoms with Gasteiger partial charge >= 0.3 is 0 Å². The van der Waals surface area contributed by atoms with Crippen LogP contribution in [-0.4, -0.2) is 38.7 Å². The first-order chi connectivity index (χ1) is 10.1. The average Bonchev–Trinajstić information content (AvgIpc) is 3.00. The highest BCUT2D eigenvalue weighted by Gasteiger charge is 2.13. The van der Waals surface area contributed by atoms with Crippen molar-refractivity contribution in [3.8, 4) is 5.69 Å². The zero-order valence-corrected chi connectivity index (χ0v) is 13.5. The fraction of sp³-hybridized carbons (Fsp3) is 0.429. The highest BCUT2D eigenvalue weighted by atomic mass is 35.5. The van der Waals surface area contributed by atoms with Gasteiger partial charge in [0.05, 0.1) is 5.69 Å². The predicted octanol–water partition coefficient (Wildman–Crippen LogP) is 1.19. The van der Waals surface area contributed by atoms with Crippen LogP contribution < -0.4 is 11.1 Å². The van der Waals surface area contributed by atoms with Gasteiger partial charge in [-0.25, -0.2) is 4.68 Å². The summed E-state index contributed by atoms with van der Waals surface area (Å²) < 4.78 is 1.53. The SMILES string of the molecule is CC(C)CC(CN)NC(=O)c1ccc(-n2cnnn2)cc1.Cl. The van der Waals surface area contributed by atoms with E-state index in [0.717, 1.165) is 12.1 Å². The van der Waals surface area contributed by atoms with Crippen molar-refractivity contribution in [3.05, 3.63) is 36.2 Å². The lowest BCUT2D eigenvalue weighted by molar-refractivity contribution is 0.0934. The Hall–Kier alpha value is -1.99. The van der Waals surface area contributed by atoms with E-state index in [0.29, 0.717) is 18.0 Å². The lowest BCUT2D eigenvalue weighted by Gasteiger charge is -2.18. The smallest absolute Gasteiger partial charge is 0.251 e. The van der Waals surface area contributed by atoms with Crippen LogP contribution in [0.4, 0.5) is 0 Å². The molecule has 1 aromatic heterocycles. The van der Waals surface area contributed by atoms with Gasteiger partial charge in [0, 0.05) is 18.2 Å². The third-order valence-electron chi connectivity index (χ3n) is 3.12. The molecule has 1 unspecified atom stereocenters. The number of tetrazole rings is 1. The van der Waals surface area contributed by atoms with Crippen LogP contribution in [0.3, 0.4) is 0 Å². The van der Waals surface area contributed by atoms with Crippen molar-refractivity contribution in [1.29, 1.82) is 0 Å². The van der Waals surface area contributed by atoms with Crippen LogP contribution in [0, 0.1) is 5.92 Å². The van der Waals surface area contributed by atoms with E-state index in [2.05, 4.69) is 34.7 Å². The number of aromatic nitrogens is 4. The van der Waals surface area contributed by atoms with Gasteiger partial charge in [0.2, 0.25) is 0 Å². The first kappa shape index (κ1) is 18.1. The molecular formula is C14H21ClN6O. The number of rotatable bonds is 6. The Labute approximate surface area is 135 Å². The average molecular weight is 325 g/mol. The molecule has 8 heteroatoms. The summed E-state index contributed by atoms with van der Waals surface area (Å²) in [6, 6.07) is 7.08. The van der Waals surface area contributed by atoms with Crippen LogP contribution in [0.5, 0.6) is 0 Å². The molecule has 0 fully saturated rings. The van der Waals surface area contributed by atoms with E-state index in [1.165, 1.54) is 11.0 Å². The van der Waals surface area contributed by atoms with E-state index in [1.54, 1.807) is 24.3 Å². The molecule has 1 heterocycles. The van der Waals surface area contributed by atoms with Crippen LogP contribution in [-0.2, 0) is 0 Å². The molecule has 1 aromatic carbocycles. The highest BCUT2D eigenvalue weighted by molar-refractivity contribution is 5.94. The first-order valence-corrected chi connectivity index (χ1v) is 6.94. The number of benzene rings is 1. The van der Waals surface area contributed by atoms with E-state index >= 15 is 0 Å². The molecule has 7 nitrogen and oxygen atoms in total. The monoisotopic (exact) mass is 324 g/mol. The normalized spacial score (nSPS) is 11.8. The summed E-state index contributed by atoms with van der Waals surface area (Å²) in [5, 5.41) is 13.9. The van der Waals surface area contributed by atoms with E-state index in [1.807, 2.05) is 0 Å². The molecule has 0 bridgehead atoms. The fourth-order valence-corrected chi connectivity index (χ4v) is 2.10. The maximum absolute atomic E-state index is 12.2. The molecular weight excluding hydrogens is 304 g/mol. The lowest BCUT2D eigenvalue weighted by atomic mass is 10.0. The van der Waals surface area contributed by atoms with Gasteiger partial charge in [-0.1, -0.05) is 13.8 Å². The minimum Gasteiger partial charge on any atom is -0.348 e. The summed E-state index contributed by atoms with van der Waals surface area (Å²) in [5.74, 6) is 0.371. The number of carbonyl (C=O) groups is 1. The Morgan fingerprint density at radius 2 is 2.00 bits per heavy atom. The van der Waals surface area contributed by atoms with Crippen LogP contribution in [0.2, 0.25) is 0 Å². The summed E-state index contributed by atoms with van der Waals surface area (Å²) in [6.45, 7) is 4.65. The molecule has 2 aromatic rings. The second-order valence-electron chi connectivity index (χ2n) is 5.34. The third kappa shape index (κ3) is 4.78. The molecule has 0 aliphatic carbocycles. The molecule has 0 saturated heterocycles. The molecule has 0 radical (unpaired) electrons. The Kier molecular flexibility index (Phi) is 6.94. The van der Waals surface area contributed by atoms with Gasteiger partial charge in [-0.15, -0.1) is 17.5 Å². The second kappa shape index (κ2) is 8.45. The Balaban J connectivity index is 0.00000242. The Morgan fingerprint density at radius 1 is 1.32 bits per heavy atom. The molecule has 0 saturated carbocycles. The van der Waals surface area contributed by atoms with E-state index in [-0.39, 0.29) is 24.4 Å². The largest absolute Gasteiger partial charge is 0.348 e. The molecule has 22 heavy (non-hydrogen) atoms. The number of nitrogens with zero attached hydrogens (tertiary/aromatic N) is 4. The minimum absolute atomic E-state index is 0. The van der Waals surface area contributed by atoms with Crippen molar-refractivity contribution >= 4 is 18.3 Å². The van der Waals surface area contributed by atoms with Gasteiger partial charge in [-0.2, -0.15) is 0 Å². The van der Waals surface area contributed by atoms with Gasteiger partial charge in [0.25, 0.3) is 5.91 Å². The van der Waals surface area contributed by atoms with Crippen molar-refractivity contribution in [2.75, 3.05) is 6.54 Å². The number of hydrogen-bond donors (Lipinski definition) is 2. The van der Waals surface area contributed by atoms with Gasteiger partial charge in [-0.05, 0) is 47.0 Å². The summed E-state index contributed by atoms with van der Waals surface area (Å²) in [6.07, 6.45) is 2.37. The third-order valence-corrected chi connectivity index (χ3v) is 3.12. The Morgan fingerprint density at radius 3 is 2.50 bits per heavy atom. The molecule has 0 aliphatic heterocycles. The van der Waals surface area contributed by atoms with Crippen molar-refractivity contribution in [3.63, 3.8) is 0 Å². The van der Waals surface area contributed by atoms with Gasteiger partial charge in [-0.3, -0.25) is 4.79 Å². The van der Waals surface area contributed by atoms with E-state index < -0.39 is 0 Å². The summed E-state index contributed by atoms with van der Waals surface area (Å²) in [5.41, 5.74) is 7.09. The maximum Gasteiger partial charge on any atom is 0.251 e. The zero-order chi connectivity index (χ0) is 15.2.